The second kappa shape index (κ2) is 9.10. The fraction of sp³-hybridized carbons (Fsp3) is 0.346. The van der Waals surface area contributed by atoms with E-state index in [1.54, 1.807) is 16.7 Å². The number of rotatable bonds is 6. The molecule has 7 heteroatoms. The van der Waals surface area contributed by atoms with E-state index in [1.165, 1.54) is 6.07 Å². The van der Waals surface area contributed by atoms with E-state index in [0.717, 1.165) is 11.1 Å². The number of carbonyl (C=O) groups is 2. The number of carbonyl (C=O) groups excluding carboxylic acids is 1. The largest absolute Gasteiger partial charge is 0.465 e. The van der Waals surface area contributed by atoms with Gasteiger partial charge in [-0.3, -0.25) is 9.59 Å². The minimum atomic E-state index is -1.17. The Hall–Kier alpha value is -3.61. The van der Waals surface area contributed by atoms with E-state index in [4.69, 9.17) is 5.73 Å². The zero-order valence-electron chi connectivity index (χ0n) is 19.7. The number of hydrogen-bond acceptors (Lipinski definition) is 3. The van der Waals surface area contributed by atoms with Crippen LogP contribution in [-0.4, -0.2) is 21.7 Å². The van der Waals surface area contributed by atoms with Crippen LogP contribution in [0, 0.1) is 11.3 Å². The molecule has 0 radical (unpaired) electrons. The first-order chi connectivity index (χ1) is 15.4. The summed E-state index contributed by atoms with van der Waals surface area (Å²) in [6.45, 7) is 10.2. The predicted molar refractivity (Wildman–Crippen MR) is 130 cm³/mol. The van der Waals surface area contributed by atoms with Gasteiger partial charge in [0.2, 0.25) is 5.91 Å². The number of nitrogens with one attached hydrogen (secondary N) is 1. The lowest BCUT2D eigenvalue weighted by Gasteiger charge is -2.35. The number of amides is 2. The second-order valence-electron chi connectivity index (χ2n) is 9.81. The molecule has 3 rings (SSSR count). The molecule has 3 aromatic rings. The first-order valence-corrected chi connectivity index (χ1v) is 11.0. The molecule has 2 aromatic carbocycles. The Bertz CT molecular complexity index is 1250. The molecular weight excluding hydrogens is 418 g/mol. The summed E-state index contributed by atoms with van der Waals surface area (Å²) in [4.78, 5) is 37.5. The summed E-state index contributed by atoms with van der Waals surface area (Å²) in [6, 6.07) is 13.8. The van der Waals surface area contributed by atoms with E-state index >= 15 is 0 Å². The normalized spacial score (nSPS) is 12.7. The fourth-order valence-corrected chi connectivity index (χ4v) is 4.19. The molecule has 0 aliphatic rings. The number of aromatic nitrogens is 1. The molecule has 7 nitrogen and oxygen atoms in total. The molecule has 0 aliphatic heterocycles. The fourth-order valence-electron chi connectivity index (χ4n) is 4.19. The highest BCUT2D eigenvalue weighted by molar-refractivity contribution is 6.02. The van der Waals surface area contributed by atoms with Crippen molar-refractivity contribution < 1.29 is 14.7 Å². The summed E-state index contributed by atoms with van der Waals surface area (Å²) in [6.07, 6.45) is -1.17. The van der Waals surface area contributed by atoms with Gasteiger partial charge in [0, 0.05) is 23.1 Å². The molecule has 1 unspecified atom stereocenters. The van der Waals surface area contributed by atoms with Crippen LogP contribution in [0.4, 0.5) is 4.79 Å². The van der Waals surface area contributed by atoms with Crippen LogP contribution in [0.2, 0.25) is 0 Å². The smallest absolute Gasteiger partial charge is 0.405 e. The standard InChI is InChI=1S/C26H31N3O4/c1-15(2)14-29-21(22(26(3,4)5)28-25(32)33)20(16-9-7-6-8-10-16)18-12-11-17(23(27)30)13-19(18)24(29)31/h6-13,15,22,28H,14H2,1-5H3,(H2,27,30)(H,32,33). The van der Waals surface area contributed by atoms with Gasteiger partial charge < -0.3 is 20.7 Å². The molecule has 0 spiro atoms. The van der Waals surface area contributed by atoms with Crippen LogP contribution in [0.5, 0.6) is 0 Å². The summed E-state index contributed by atoms with van der Waals surface area (Å²) in [5, 5.41) is 13.4. The highest BCUT2D eigenvalue weighted by atomic mass is 16.4. The van der Waals surface area contributed by atoms with Crippen LogP contribution in [0.3, 0.4) is 0 Å². The van der Waals surface area contributed by atoms with E-state index in [9.17, 15) is 19.5 Å². The van der Waals surface area contributed by atoms with Gasteiger partial charge in [0.1, 0.15) is 0 Å². The highest BCUT2D eigenvalue weighted by Gasteiger charge is 2.34. The molecule has 0 saturated carbocycles. The van der Waals surface area contributed by atoms with Crippen molar-refractivity contribution in [1.82, 2.24) is 9.88 Å². The Labute approximate surface area is 193 Å². The minimum absolute atomic E-state index is 0.118. The van der Waals surface area contributed by atoms with Gasteiger partial charge in [0.25, 0.3) is 5.56 Å². The molecule has 0 aliphatic carbocycles. The summed E-state index contributed by atoms with van der Waals surface area (Å²) >= 11 is 0. The van der Waals surface area contributed by atoms with E-state index in [2.05, 4.69) is 5.32 Å². The summed E-state index contributed by atoms with van der Waals surface area (Å²) in [5.41, 5.74) is 7.14. The van der Waals surface area contributed by atoms with Crippen molar-refractivity contribution in [3.8, 4) is 11.1 Å². The van der Waals surface area contributed by atoms with E-state index in [1.807, 2.05) is 65.0 Å². The number of hydrogen-bond donors (Lipinski definition) is 3. The number of carboxylic acid groups (broad SMARTS) is 1. The number of pyridine rings is 1. The third-order valence-corrected chi connectivity index (χ3v) is 5.61. The number of nitrogens with two attached hydrogens (primary N) is 1. The zero-order chi connectivity index (χ0) is 24.5. The van der Waals surface area contributed by atoms with Gasteiger partial charge in [-0.15, -0.1) is 0 Å². The molecule has 0 bridgehead atoms. The van der Waals surface area contributed by atoms with E-state index < -0.39 is 23.5 Å². The van der Waals surface area contributed by atoms with E-state index in [0.29, 0.717) is 23.0 Å². The van der Waals surface area contributed by atoms with Gasteiger partial charge >= 0.3 is 6.09 Å². The summed E-state index contributed by atoms with van der Waals surface area (Å²) in [5.74, 6) is -0.496. The molecule has 1 atom stereocenters. The van der Waals surface area contributed by atoms with Crippen LogP contribution >= 0.6 is 0 Å². The lowest BCUT2D eigenvalue weighted by molar-refractivity contribution is 0.100. The van der Waals surface area contributed by atoms with Crippen molar-refractivity contribution in [3.63, 3.8) is 0 Å². The number of benzene rings is 2. The zero-order valence-corrected chi connectivity index (χ0v) is 19.7. The maximum atomic E-state index is 13.8. The summed E-state index contributed by atoms with van der Waals surface area (Å²) < 4.78 is 1.66. The van der Waals surface area contributed by atoms with Gasteiger partial charge in [0.15, 0.2) is 0 Å². The minimum Gasteiger partial charge on any atom is -0.465 e. The third-order valence-electron chi connectivity index (χ3n) is 5.61. The molecule has 1 aromatic heterocycles. The van der Waals surface area contributed by atoms with Crippen molar-refractivity contribution in [3.05, 3.63) is 70.1 Å². The topological polar surface area (TPSA) is 114 Å². The van der Waals surface area contributed by atoms with Crippen molar-refractivity contribution in [2.45, 2.75) is 47.2 Å². The monoisotopic (exact) mass is 449 g/mol. The maximum absolute atomic E-state index is 13.8. The highest BCUT2D eigenvalue weighted by Crippen LogP contribution is 2.41. The predicted octanol–water partition coefficient (Wildman–Crippen LogP) is 4.78. The van der Waals surface area contributed by atoms with Gasteiger partial charge in [-0.1, -0.05) is 71.0 Å². The van der Waals surface area contributed by atoms with Crippen LogP contribution in [0.25, 0.3) is 21.9 Å². The van der Waals surface area contributed by atoms with Crippen LogP contribution in [0.1, 0.15) is 56.7 Å². The first-order valence-electron chi connectivity index (χ1n) is 11.0. The van der Waals surface area contributed by atoms with Gasteiger partial charge in [-0.25, -0.2) is 4.79 Å². The number of nitrogens with zero attached hydrogens (tertiary/aromatic N) is 1. The average molecular weight is 450 g/mol. The molecule has 4 N–H and O–H groups in total. The lowest BCUT2D eigenvalue weighted by Crippen LogP contribution is -2.40. The Balaban J connectivity index is 2.59. The number of fused-ring (bicyclic) bond motifs is 1. The molecule has 33 heavy (non-hydrogen) atoms. The van der Waals surface area contributed by atoms with Crippen molar-refractivity contribution in [2.24, 2.45) is 17.1 Å². The Morgan fingerprint density at radius 3 is 2.21 bits per heavy atom. The Kier molecular flexibility index (Phi) is 6.63. The third kappa shape index (κ3) is 4.92. The van der Waals surface area contributed by atoms with Gasteiger partial charge in [0.05, 0.1) is 11.7 Å². The van der Waals surface area contributed by atoms with Crippen LogP contribution in [-0.2, 0) is 6.54 Å². The molecular formula is C26H31N3O4. The number of primary amides is 1. The quantitative estimate of drug-likeness (QED) is 0.502. The van der Waals surface area contributed by atoms with Crippen molar-refractivity contribution >= 4 is 22.8 Å². The lowest BCUT2D eigenvalue weighted by atomic mass is 9.80. The summed E-state index contributed by atoms with van der Waals surface area (Å²) in [7, 11) is 0. The first kappa shape index (κ1) is 24.0. The van der Waals surface area contributed by atoms with Gasteiger partial charge in [-0.05, 0) is 34.4 Å². The average Bonchev–Trinajstić information content (AvgIpc) is 2.73. The van der Waals surface area contributed by atoms with Crippen molar-refractivity contribution in [1.29, 1.82) is 0 Å². The maximum Gasteiger partial charge on any atom is 0.405 e. The van der Waals surface area contributed by atoms with Crippen molar-refractivity contribution in [2.75, 3.05) is 0 Å². The van der Waals surface area contributed by atoms with E-state index in [-0.39, 0.29) is 17.0 Å². The molecule has 1 heterocycles. The second-order valence-corrected chi connectivity index (χ2v) is 9.81. The Morgan fingerprint density at radius 1 is 1.06 bits per heavy atom. The molecule has 0 fully saturated rings. The van der Waals surface area contributed by atoms with Gasteiger partial charge in [-0.2, -0.15) is 0 Å². The SMILES string of the molecule is CC(C)Cn1c(C(NC(=O)O)C(C)(C)C)c(-c2ccccc2)c2ccc(C(N)=O)cc2c1=O. The van der Waals surface area contributed by atoms with Crippen LogP contribution in [0.15, 0.2) is 53.3 Å². The van der Waals surface area contributed by atoms with Crippen LogP contribution < -0.4 is 16.6 Å². The molecule has 2 amide bonds. The Morgan fingerprint density at radius 2 is 1.70 bits per heavy atom. The molecule has 0 saturated heterocycles. The molecule has 174 valence electrons.